The first-order valence-electron chi connectivity index (χ1n) is 5.14. The van der Waals surface area contributed by atoms with E-state index in [1.165, 1.54) is 18.5 Å². The first-order valence-corrected chi connectivity index (χ1v) is 6.99. The molecule has 0 aliphatic carbocycles. The molecular weight excluding hydrogens is 242 g/mol. The Morgan fingerprint density at radius 1 is 1.24 bits per heavy atom. The first-order chi connectivity index (χ1) is 7.95. The Labute approximate surface area is 102 Å². The van der Waals surface area contributed by atoms with Gasteiger partial charge in [0.05, 0.1) is 26.2 Å². The summed E-state index contributed by atoms with van der Waals surface area (Å²) in [6.45, 7) is 2.10. The topological polar surface area (TPSA) is 55.8 Å². The van der Waals surface area contributed by atoms with Crippen LogP contribution in [0.4, 0.5) is 5.69 Å². The van der Waals surface area contributed by atoms with Crippen LogP contribution in [0.25, 0.3) is 0 Å². The van der Waals surface area contributed by atoms with Gasteiger partial charge in [-0.3, -0.25) is 4.31 Å². The van der Waals surface area contributed by atoms with Gasteiger partial charge in [0.25, 0.3) is 0 Å². The minimum absolute atomic E-state index is 0.336. The maximum Gasteiger partial charge on any atom is 0.232 e. The van der Waals surface area contributed by atoms with Gasteiger partial charge in [0.1, 0.15) is 0 Å². The predicted molar refractivity (Wildman–Crippen MR) is 67.4 cm³/mol. The van der Waals surface area contributed by atoms with Gasteiger partial charge in [0.15, 0.2) is 11.5 Å². The maximum atomic E-state index is 11.7. The lowest BCUT2D eigenvalue weighted by atomic mass is 10.2. The summed E-state index contributed by atoms with van der Waals surface area (Å²) in [6, 6.07) is 5.13. The van der Waals surface area contributed by atoms with Crippen LogP contribution in [0.2, 0.25) is 0 Å². The Hall–Kier alpha value is -1.43. The molecule has 17 heavy (non-hydrogen) atoms. The number of hydrogen-bond acceptors (Lipinski definition) is 4. The summed E-state index contributed by atoms with van der Waals surface area (Å²) in [5.41, 5.74) is 0.483. The van der Waals surface area contributed by atoms with Crippen molar-refractivity contribution in [1.29, 1.82) is 0 Å². The summed E-state index contributed by atoms with van der Waals surface area (Å²) in [6.07, 6.45) is 1.16. The third-order valence-electron chi connectivity index (χ3n) is 2.34. The number of anilines is 1. The monoisotopic (exact) mass is 259 g/mol. The lowest BCUT2D eigenvalue weighted by Gasteiger charge is -2.23. The molecule has 0 bridgehead atoms. The summed E-state index contributed by atoms with van der Waals surface area (Å²) in [4.78, 5) is 0. The molecular formula is C11H17NO4S. The van der Waals surface area contributed by atoms with Gasteiger partial charge in [0, 0.05) is 6.54 Å². The normalized spacial score (nSPS) is 11.1. The molecule has 0 saturated carbocycles. The zero-order chi connectivity index (χ0) is 13.1. The summed E-state index contributed by atoms with van der Waals surface area (Å²) in [5, 5.41) is 0. The number of nitrogens with zero attached hydrogens (tertiary/aromatic N) is 1. The summed E-state index contributed by atoms with van der Waals surface area (Å²) in [5.74, 6) is 0.925. The Balaban J connectivity index is 3.39. The molecule has 0 saturated heterocycles. The van der Waals surface area contributed by atoms with E-state index in [0.717, 1.165) is 6.26 Å². The Morgan fingerprint density at radius 3 is 2.29 bits per heavy atom. The molecule has 0 N–H and O–H groups in total. The van der Waals surface area contributed by atoms with E-state index in [0.29, 0.717) is 23.7 Å². The molecule has 1 aromatic carbocycles. The molecule has 96 valence electrons. The van der Waals surface area contributed by atoms with Crippen molar-refractivity contribution in [2.24, 2.45) is 0 Å². The third kappa shape index (κ3) is 2.82. The molecule has 0 amide bonds. The molecule has 6 heteroatoms. The molecule has 0 aliphatic heterocycles. The lowest BCUT2D eigenvalue weighted by Crippen LogP contribution is -2.29. The van der Waals surface area contributed by atoms with Crippen LogP contribution in [0.3, 0.4) is 0 Å². The Morgan fingerprint density at radius 2 is 1.88 bits per heavy atom. The Bertz CT molecular complexity index is 484. The molecule has 1 aromatic rings. The summed E-state index contributed by atoms with van der Waals surface area (Å²) in [7, 11) is -0.332. The molecule has 0 aliphatic rings. The highest BCUT2D eigenvalue weighted by atomic mass is 32.2. The molecule has 0 spiro atoms. The standard InChI is InChI=1S/C11H17NO4S/c1-5-12(17(4,13)14)9-7-6-8-10(15-2)11(9)16-3/h6-8H,5H2,1-4H3. The van der Waals surface area contributed by atoms with Gasteiger partial charge in [-0.1, -0.05) is 6.07 Å². The van der Waals surface area contributed by atoms with Crippen molar-refractivity contribution < 1.29 is 17.9 Å². The largest absolute Gasteiger partial charge is 0.493 e. The van der Waals surface area contributed by atoms with Crippen LogP contribution in [-0.4, -0.2) is 35.4 Å². The summed E-state index contributed by atoms with van der Waals surface area (Å²) >= 11 is 0. The maximum absolute atomic E-state index is 11.7. The van der Waals surface area contributed by atoms with E-state index in [2.05, 4.69) is 0 Å². The number of para-hydroxylation sites is 1. The molecule has 0 fully saturated rings. The molecule has 0 heterocycles. The highest BCUT2D eigenvalue weighted by molar-refractivity contribution is 7.92. The number of sulfonamides is 1. The molecule has 0 radical (unpaired) electrons. The lowest BCUT2D eigenvalue weighted by molar-refractivity contribution is 0.355. The van der Waals surface area contributed by atoms with Crippen molar-refractivity contribution in [3.63, 3.8) is 0 Å². The van der Waals surface area contributed by atoms with E-state index >= 15 is 0 Å². The average molecular weight is 259 g/mol. The van der Waals surface area contributed by atoms with E-state index in [1.54, 1.807) is 25.1 Å². The fraction of sp³-hybridized carbons (Fsp3) is 0.455. The average Bonchev–Trinajstić information content (AvgIpc) is 2.27. The highest BCUT2D eigenvalue weighted by Crippen LogP contribution is 2.37. The number of benzene rings is 1. The van der Waals surface area contributed by atoms with Gasteiger partial charge in [-0.2, -0.15) is 0 Å². The van der Waals surface area contributed by atoms with Crippen molar-refractivity contribution >= 4 is 15.7 Å². The number of ether oxygens (including phenoxy) is 2. The van der Waals surface area contributed by atoms with Crippen molar-refractivity contribution in [2.75, 3.05) is 31.3 Å². The van der Waals surface area contributed by atoms with E-state index in [9.17, 15) is 8.42 Å². The van der Waals surface area contributed by atoms with Crippen molar-refractivity contribution in [1.82, 2.24) is 0 Å². The van der Waals surface area contributed by atoms with Crippen molar-refractivity contribution in [2.45, 2.75) is 6.92 Å². The zero-order valence-electron chi connectivity index (χ0n) is 10.4. The molecule has 0 aromatic heterocycles. The van der Waals surface area contributed by atoms with Gasteiger partial charge in [0.2, 0.25) is 10.0 Å². The molecule has 1 rings (SSSR count). The minimum atomic E-state index is -3.33. The number of rotatable bonds is 5. The van der Waals surface area contributed by atoms with E-state index in [-0.39, 0.29) is 0 Å². The second-order valence-corrected chi connectivity index (χ2v) is 5.35. The van der Waals surface area contributed by atoms with Crippen LogP contribution in [-0.2, 0) is 10.0 Å². The molecule has 0 unspecified atom stereocenters. The van der Waals surface area contributed by atoms with Gasteiger partial charge >= 0.3 is 0 Å². The third-order valence-corrected chi connectivity index (χ3v) is 3.59. The fourth-order valence-corrected chi connectivity index (χ4v) is 2.62. The zero-order valence-corrected chi connectivity index (χ0v) is 11.2. The quantitative estimate of drug-likeness (QED) is 0.804. The molecule has 5 nitrogen and oxygen atoms in total. The van der Waals surface area contributed by atoms with Crippen molar-refractivity contribution in [3.8, 4) is 11.5 Å². The van der Waals surface area contributed by atoms with Gasteiger partial charge < -0.3 is 9.47 Å². The van der Waals surface area contributed by atoms with Gasteiger partial charge in [-0.25, -0.2) is 8.42 Å². The fourth-order valence-electron chi connectivity index (χ4n) is 1.65. The van der Waals surface area contributed by atoms with E-state index < -0.39 is 10.0 Å². The smallest absolute Gasteiger partial charge is 0.232 e. The predicted octanol–water partition coefficient (Wildman–Crippen LogP) is 1.49. The summed E-state index contributed by atoms with van der Waals surface area (Å²) < 4.78 is 34.9. The van der Waals surface area contributed by atoms with E-state index in [4.69, 9.17) is 9.47 Å². The van der Waals surface area contributed by atoms with Crippen LogP contribution >= 0.6 is 0 Å². The Kier molecular flexibility index (Phi) is 4.22. The number of methoxy groups -OCH3 is 2. The second-order valence-electron chi connectivity index (χ2n) is 3.44. The highest BCUT2D eigenvalue weighted by Gasteiger charge is 2.21. The second kappa shape index (κ2) is 5.27. The van der Waals surface area contributed by atoms with Crippen LogP contribution < -0.4 is 13.8 Å². The van der Waals surface area contributed by atoms with Gasteiger partial charge in [-0.05, 0) is 19.1 Å². The van der Waals surface area contributed by atoms with E-state index in [1.807, 2.05) is 0 Å². The minimum Gasteiger partial charge on any atom is -0.493 e. The van der Waals surface area contributed by atoms with Crippen molar-refractivity contribution in [3.05, 3.63) is 18.2 Å². The van der Waals surface area contributed by atoms with Crippen LogP contribution in [0.15, 0.2) is 18.2 Å². The van der Waals surface area contributed by atoms with Crippen LogP contribution in [0.1, 0.15) is 6.92 Å². The SMILES string of the molecule is CCN(c1cccc(OC)c1OC)S(C)(=O)=O. The van der Waals surface area contributed by atoms with Crippen LogP contribution in [0.5, 0.6) is 11.5 Å². The number of hydrogen-bond donors (Lipinski definition) is 0. The first kappa shape index (κ1) is 13.6. The van der Waals surface area contributed by atoms with Gasteiger partial charge in [-0.15, -0.1) is 0 Å². The molecule has 0 atom stereocenters. The van der Waals surface area contributed by atoms with Crippen LogP contribution in [0, 0.1) is 0 Å².